The molecule has 1 nitrogen and oxygen atoms in total. The van der Waals surface area contributed by atoms with Crippen LogP contribution in [0.3, 0.4) is 0 Å². The number of thiocarbonyl (C=S) groups is 1. The van der Waals surface area contributed by atoms with Crippen molar-refractivity contribution in [3.05, 3.63) is 42.0 Å². The standard InChI is InChI=1S/C11H13NS/c1-4-11(13)12-10-7-8(2)5-6-9(10)3/h4-7H,1H2,2-3H3,(H,12,13). The van der Waals surface area contributed by atoms with Gasteiger partial charge in [-0.3, -0.25) is 0 Å². The van der Waals surface area contributed by atoms with Crippen LogP contribution >= 0.6 is 12.2 Å². The van der Waals surface area contributed by atoms with E-state index in [9.17, 15) is 0 Å². The highest BCUT2D eigenvalue weighted by Gasteiger charge is 1.98. The van der Waals surface area contributed by atoms with Gasteiger partial charge in [0, 0.05) is 5.69 Å². The summed E-state index contributed by atoms with van der Waals surface area (Å²) >= 11 is 5.01. The Morgan fingerprint density at radius 1 is 1.46 bits per heavy atom. The second-order valence-electron chi connectivity index (χ2n) is 3.01. The van der Waals surface area contributed by atoms with Crippen molar-refractivity contribution in [3.8, 4) is 0 Å². The molecule has 1 aromatic rings. The quantitative estimate of drug-likeness (QED) is 0.569. The molecule has 68 valence electrons. The van der Waals surface area contributed by atoms with Crippen LogP contribution in [-0.2, 0) is 0 Å². The Hall–Kier alpha value is -1.15. The molecule has 0 atom stereocenters. The summed E-state index contributed by atoms with van der Waals surface area (Å²) in [6, 6.07) is 6.23. The number of aryl methyl sites for hydroxylation is 2. The summed E-state index contributed by atoms with van der Waals surface area (Å²) in [5.41, 5.74) is 3.47. The molecule has 0 fully saturated rings. The summed E-state index contributed by atoms with van der Waals surface area (Å²) in [6.07, 6.45) is 1.64. The smallest absolute Gasteiger partial charge is 0.103 e. The molecule has 2 heteroatoms. The third-order valence-corrected chi connectivity index (χ3v) is 2.11. The zero-order chi connectivity index (χ0) is 9.84. The first-order valence-electron chi connectivity index (χ1n) is 4.14. The van der Waals surface area contributed by atoms with Gasteiger partial charge >= 0.3 is 0 Å². The Balaban J connectivity index is 2.93. The van der Waals surface area contributed by atoms with E-state index < -0.39 is 0 Å². The SMILES string of the molecule is C=CC(=S)Nc1cc(C)ccc1C. The van der Waals surface area contributed by atoms with E-state index in [4.69, 9.17) is 12.2 Å². The molecule has 0 radical (unpaired) electrons. The Morgan fingerprint density at radius 2 is 2.15 bits per heavy atom. The van der Waals surface area contributed by atoms with Crippen molar-refractivity contribution in [2.24, 2.45) is 0 Å². The molecule has 0 spiro atoms. The molecule has 0 heterocycles. The van der Waals surface area contributed by atoms with Crippen molar-refractivity contribution in [3.63, 3.8) is 0 Å². The number of anilines is 1. The summed E-state index contributed by atoms with van der Waals surface area (Å²) in [7, 11) is 0. The van der Waals surface area contributed by atoms with Crippen molar-refractivity contribution in [2.45, 2.75) is 13.8 Å². The van der Waals surface area contributed by atoms with E-state index in [0.29, 0.717) is 4.99 Å². The van der Waals surface area contributed by atoms with Crippen LogP contribution in [0.5, 0.6) is 0 Å². The van der Waals surface area contributed by atoms with Gasteiger partial charge in [-0.25, -0.2) is 0 Å². The predicted octanol–water partition coefficient (Wildman–Crippen LogP) is 3.23. The van der Waals surface area contributed by atoms with E-state index in [1.807, 2.05) is 6.92 Å². The van der Waals surface area contributed by atoms with Gasteiger partial charge in [0.25, 0.3) is 0 Å². The first-order chi connectivity index (χ1) is 6.13. The van der Waals surface area contributed by atoms with Gasteiger partial charge in [-0.05, 0) is 37.1 Å². The van der Waals surface area contributed by atoms with E-state index in [-0.39, 0.29) is 0 Å². The molecule has 13 heavy (non-hydrogen) atoms. The van der Waals surface area contributed by atoms with Crippen LogP contribution in [0.15, 0.2) is 30.9 Å². The summed E-state index contributed by atoms with van der Waals surface area (Å²) < 4.78 is 0. The Morgan fingerprint density at radius 3 is 2.77 bits per heavy atom. The minimum Gasteiger partial charge on any atom is -0.346 e. The number of rotatable bonds is 2. The minimum absolute atomic E-state index is 0.661. The molecule has 0 aliphatic carbocycles. The minimum atomic E-state index is 0.661. The number of hydrogen-bond donors (Lipinski definition) is 1. The monoisotopic (exact) mass is 191 g/mol. The van der Waals surface area contributed by atoms with E-state index in [1.165, 1.54) is 11.1 Å². The predicted molar refractivity (Wildman–Crippen MR) is 62.3 cm³/mol. The van der Waals surface area contributed by atoms with Gasteiger partial charge in [-0.15, -0.1) is 0 Å². The highest BCUT2D eigenvalue weighted by molar-refractivity contribution is 7.81. The van der Waals surface area contributed by atoms with Crippen LogP contribution in [0.1, 0.15) is 11.1 Å². The lowest BCUT2D eigenvalue weighted by Crippen LogP contribution is -2.06. The maximum absolute atomic E-state index is 5.01. The maximum atomic E-state index is 5.01. The van der Waals surface area contributed by atoms with Gasteiger partial charge in [-0.2, -0.15) is 0 Å². The Labute approximate surface area is 84.5 Å². The van der Waals surface area contributed by atoms with Gasteiger partial charge in [-0.1, -0.05) is 30.9 Å². The molecule has 0 aromatic heterocycles. The van der Waals surface area contributed by atoms with Gasteiger partial charge in [0.2, 0.25) is 0 Å². The third kappa shape index (κ3) is 2.67. The van der Waals surface area contributed by atoms with Crippen molar-refractivity contribution in [1.29, 1.82) is 0 Å². The number of hydrogen-bond acceptors (Lipinski definition) is 1. The lowest BCUT2D eigenvalue weighted by Gasteiger charge is -2.08. The fourth-order valence-corrected chi connectivity index (χ4v) is 1.16. The largest absolute Gasteiger partial charge is 0.346 e. The van der Waals surface area contributed by atoms with Crippen molar-refractivity contribution >= 4 is 22.9 Å². The van der Waals surface area contributed by atoms with Gasteiger partial charge < -0.3 is 5.32 Å². The van der Waals surface area contributed by atoms with E-state index in [1.54, 1.807) is 6.08 Å². The molecular formula is C11H13NS. The molecule has 0 bridgehead atoms. The summed E-state index contributed by atoms with van der Waals surface area (Å²) in [5, 5.41) is 3.11. The lowest BCUT2D eigenvalue weighted by atomic mass is 10.1. The first kappa shape index (κ1) is 9.93. The molecule has 1 N–H and O–H groups in total. The average molecular weight is 191 g/mol. The van der Waals surface area contributed by atoms with Crippen LogP contribution < -0.4 is 5.32 Å². The van der Waals surface area contributed by atoms with E-state index in [2.05, 4.69) is 37.0 Å². The summed E-state index contributed by atoms with van der Waals surface area (Å²) in [5.74, 6) is 0. The zero-order valence-electron chi connectivity index (χ0n) is 7.92. The summed E-state index contributed by atoms with van der Waals surface area (Å²) in [6.45, 7) is 7.71. The third-order valence-electron chi connectivity index (χ3n) is 1.84. The molecule has 0 saturated heterocycles. The van der Waals surface area contributed by atoms with Gasteiger partial charge in [0.1, 0.15) is 4.99 Å². The molecule has 0 aliphatic heterocycles. The second kappa shape index (κ2) is 4.19. The molecule has 0 aliphatic rings. The van der Waals surface area contributed by atoms with Crippen LogP contribution in [0, 0.1) is 13.8 Å². The topological polar surface area (TPSA) is 12.0 Å². The highest BCUT2D eigenvalue weighted by Crippen LogP contribution is 2.16. The van der Waals surface area contributed by atoms with Crippen LogP contribution in [0.25, 0.3) is 0 Å². The Kier molecular flexibility index (Phi) is 3.20. The molecule has 1 aromatic carbocycles. The zero-order valence-corrected chi connectivity index (χ0v) is 8.74. The van der Waals surface area contributed by atoms with Gasteiger partial charge in [0.15, 0.2) is 0 Å². The van der Waals surface area contributed by atoms with Crippen molar-refractivity contribution < 1.29 is 0 Å². The molecule has 0 saturated carbocycles. The molecule has 0 unspecified atom stereocenters. The van der Waals surface area contributed by atoms with Crippen LogP contribution in [-0.4, -0.2) is 4.99 Å². The average Bonchev–Trinajstić information content (AvgIpc) is 2.11. The summed E-state index contributed by atoms with van der Waals surface area (Å²) in [4.78, 5) is 0.661. The highest BCUT2D eigenvalue weighted by atomic mass is 32.1. The van der Waals surface area contributed by atoms with E-state index >= 15 is 0 Å². The fourth-order valence-electron chi connectivity index (χ4n) is 1.05. The van der Waals surface area contributed by atoms with Gasteiger partial charge in [0.05, 0.1) is 0 Å². The first-order valence-corrected chi connectivity index (χ1v) is 4.55. The molecular weight excluding hydrogens is 178 g/mol. The van der Waals surface area contributed by atoms with Crippen LogP contribution in [0.4, 0.5) is 5.69 Å². The number of nitrogens with one attached hydrogen (secondary N) is 1. The fraction of sp³-hybridized carbons (Fsp3) is 0.182. The van der Waals surface area contributed by atoms with E-state index in [0.717, 1.165) is 5.69 Å². The molecule has 1 rings (SSSR count). The Bertz CT molecular complexity index is 342. The maximum Gasteiger partial charge on any atom is 0.103 e. The van der Waals surface area contributed by atoms with Crippen molar-refractivity contribution in [1.82, 2.24) is 0 Å². The normalized spacial score (nSPS) is 9.38. The number of benzene rings is 1. The van der Waals surface area contributed by atoms with Crippen molar-refractivity contribution in [2.75, 3.05) is 5.32 Å². The lowest BCUT2D eigenvalue weighted by molar-refractivity contribution is 1.39. The van der Waals surface area contributed by atoms with Crippen LogP contribution in [0.2, 0.25) is 0 Å². The second-order valence-corrected chi connectivity index (χ2v) is 3.45. The molecule has 0 amide bonds.